The van der Waals surface area contributed by atoms with Crippen molar-refractivity contribution in [2.24, 2.45) is 0 Å². The number of aromatic nitrogens is 3. The molecule has 2 heterocycles. The van der Waals surface area contributed by atoms with Crippen LogP contribution >= 0.6 is 0 Å². The molecule has 0 aliphatic rings. The lowest BCUT2D eigenvalue weighted by Crippen LogP contribution is -2.27. The van der Waals surface area contributed by atoms with Gasteiger partial charge in [0.1, 0.15) is 11.0 Å². The van der Waals surface area contributed by atoms with Crippen LogP contribution < -0.4 is 29.8 Å². The maximum Gasteiger partial charge on any atom is 0.277 e. The van der Waals surface area contributed by atoms with E-state index < -0.39 is 0 Å². The summed E-state index contributed by atoms with van der Waals surface area (Å²) in [5.74, 6) is 2.24. The summed E-state index contributed by atoms with van der Waals surface area (Å²) in [6, 6.07) is 9.13. The largest absolute Gasteiger partial charge is 0.493 e. The van der Waals surface area contributed by atoms with E-state index in [2.05, 4.69) is 15.3 Å². The molecule has 0 fully saturated rings. The number of nitrogens with one attached hydrogen (secondary N) is 2. The number of fused-ring (bicyclic) bond motifs is 3. The van der Waals surface area contributed by atoms with Gasteiger partial charge in [-0.25, -0.2) is 4.98 Å². The van der Waals surface area contributed by atoms with E-state index in [-0.39, 0.29) is 24.4 Å². The van der Waals surface area contributed by atoms with Crippen molar-refractivity contribution in [2.75, 3.05) is 27.4 Å². The topological polar surface area (TPSA) is 117 Å². The Hall–Kier alpha value is -4.21. The molecular formula is C26H30N4O6. The summed E-state index contributed by atoms with van der Waals surface area (Å²) in [6.45, 7) is 5.40. The predicted octanol–water partition coefficient (Wildman–Crippen LogP) is 3.40. The quantitative estimate of drug-likeness (QED) is 0.328. The second kappa shape index (κ2) is 11.0. The van der Waals surface area contributed by atoms with Gasteiger partial charge in [-0.15, -0.1) is 0 Å². The molecular weight excluding hydrogens is 464 g/mol. The summed E-state index contributed by atoms with van der Waals surface area (Å²) in [5.41, 5.74) is 2.25. The monoisotopic (exact) mass is 494 g/mol. The number of hydrogen-bond acceptors (Lipinski definition) is 7. The van der Waals surface area contributed by atoms with Crippen molar-refractivity contribution in [3.05, 3.63) is 52.6 Å². The molecule has 0 bridgehead atoms. The van der Waals surface area contributed by atoms with E-state index in [1.807, 2.05) is 32.0 Å². The molecule has 2 N–H and O–H groups in total. The second-order valence-corrected chi connectivity index (χ2v) is 8.02. The van der Waals surface area contributed by atoms with Gasteiger partial charge in [-0.2, -0.15) is 0 Å². The maximum atomic E-state index is 13.1. The lowest BCUT2D eigenvalue weighted by Gasteiger charge is -2.13. The van der Waals surface area contributed by atoms with Gasteiger partial charge in [0, 0.05) is 31.0 Å². The summed E-state index contributed by atoms with van der Waals surface area (Å²) in [5, 5.41) is 3.64. The Labute approximate surface area is 208 Å². The summed E-state index contributed by atoms with van der Waals surface area (Å²) in [7, 11) is 3.11. The van der Waals surface area contributed by atoms with Crippen LogP contribution in [0.2, 0.25) is 0 Å². The number of rotatable bonds is 11. The Bertz CT molecular complexity index is 1440. The summed E-state index contributed by atoms with van der Waals surface area (Å²) in [6.07, 6.45) is 1.59. The number of nitrogens with zero attached hydrogens (tertiary/aromatic N) is 2. The Morgan fingerprint density at radius 3 is 2.44 bits per heavy atom. The lowest BCUT2D eigenvalue weighted by atomic mass is 10.2. The molecule has 0 aliphatic heterocycles. The highest BCUT2D eigenvalue weighted by atomic mass is 16.5. The SMILES string of the molecule is CCOc1ccc(CNC(=O)CCn2cnc3c([nH]c4cc(OC)c(OC)cc43)c2=O)cc1OCC. The minimum Gasteiger partial charge on any atom is -0.493 e. The van der Waals surface area contributed by atoms with Crippen molar-refractivity contribution in [3.63, 3.8) is 0 Å². The van der Waals surface area contributed by atoms with E-state index in [9.17, 15) is 9.59 Å². The fraction of sp³-hybridized carbons (Fsp3) is 0.346. The molecule has 10 nitrogen and oxygen atoms in total. The van der Waals surface area contributed by atoms with Crippen LogP contribution in [0.3, 0.4) is 0 Å². The standard InChI is InChI=1S/C26H30N4O6/c1-5-35-19-8-7-16(11-22(19)36-6-2)14-27-23(31)9-10-30-15-28-24-17-12-20(33-3)21(34-4)13-18(17)29-25(24)26(30)32/h7-8,11-13,15,29H,5-6,9-10,14H2,1-4H3,(H,27,31). The number of carbonyl (C=O) groups is 1. The van der Waals surface area contributed by atoms with Crippen LogP contribution in [-0.4, -0.2) is 47.9 Å². The Morgan fingerprint density at radius 2 is 1.72 bits per heavy atom. The number of methoxy groups -OCH3 is 2. The average Bonchev–Trinajstić information content (AvgIpc) is 3.26. The van der Waals surface area contributed by atoms with Crippen molar-refractivity contribution in [1.82, 2.24) is 19.9 Å². The Kier molecular flexibility index (Phi) is 7.62. The normalized spacial score (nSPS) is 11.0. The second-order valence-electron chi connectivity index (χ2n) is 8.02. The molecule has 10 heteroatoms. The fourth-order valence-electron chi connectivity index (χ4n) is 3.99. The van der Waals surface area contributed by atoms with Crippen molar-refractivity contribution < 1.29 is 23.7 Å². The molecule has 190 valence electrons. The molecule has 0 atom stereocenters. The average molecular weight is 495 g/mol. The molecule has 2 aromatic heterocycles. The molecule has 36 heavy (non-hydrogen) atoms. The van der Waals surface area contributed by atoms with Gasteiger partial charge in [-0.05, 0) is 37.6 Å². The molecule has 0 saturated carbocycles. The maximum absolute atomic E-state index is 13.1. The highest BCUT2D eigenvalue weighted by Gasteiger charge is 2.15. The number of ether oxygens (including phenoxy) is 4. The van der Waals surface area contributed by atoms with Crippen molar-refractivity contribution in [1.29, 1.82) is 0 Å². The Morgan fingerprint density at radius 1 is 1.00 bits per heavy atom. The molecule has 0 radical (unpaired) electrons. The van der Waals surface area contributed by atoms with Crippen LogP contribution in [0.25, 0.3) is 21.9 Å². The smallest absolute Gasteiger partial charge is 0.277 e. The highest BCUT2D eigenvalue weighted by molar-refractivity contribution is 6.05. The minimum absolute atomic E-state index is 0.129. The van der Waals surface area contributed by atoms with Crippen LogP contribution in [0.15, 0.2) is 41.5 Å². The van der Waals surface area contributed by atoms with Gasteiger partial charge in [0.05, 0.1) is 39.3 Å². The molecule has 0 aliphatic carbocycles. The molecule has 1 amide bonds. The highest BCUT2D eigenvalue weighted by Crippen LogP contribution is 2.34. The third-order valence-corrected chi connectivity index (χ3v) is 5.75. The van der Waals surface area contributed by atoms with Crippen molar-refractivity contribution >= 4 is 27.8 Å². The predicted molar refractivity (Wildman–Crippen MR) is 136 cm³/mol. The Balaban J connectivity index is 1.44. The number of hydrogen-bond donors (Lipinski definition) is 2. The summed E-state index contributed by atoms with van der Waals surface area (Å²) in [4.78, 5) is 33.1. The van der Waals surface area contributed by atoms with Crippen LogP contribution in [0.4, 0.5) is 0 Å². The number of carbonyl (C=O) groups excluding carboxylic acids is 1. The first-order valence-corrected chi connectivity index (χ1v) is 11.8. The van der Waals surface area contributed by atoms with Crippen molar-refractivity contribution in [3.8, 4) is 23.0 Å². The van der Waals surface area contributed by atoms with Gasteiger partial charge < -0.3 is 29.2 Å². The number of amides is 1. The molecule has 0 unspecified atom stereocenters. The van der Waals surface area contributed by atoms with E-state index >= 15 is 0 Å². The van der Waals surface area contributed by atoms with Gasteiger partial charge in [0.25, 0.3) is 5.56 Å². The van der Waals surface area contributed by atoms with Gasteiger partial charge in [0.15, 0.2) is 23.0 Å². The summed E-state index contributed by atoms with van der Waals surface area (Å²) >= 11 is 0. The van der Waals surface area contributed by atoms with E-state index in [0.717, 1.165) is 10.9 Å². The first-order chi connectivity index (χ1) is 17.5. The first kappa shape index (κ1) is 24.9. The molecule has 2 aromatic carbocycles. The van der Waals surface area contributed by atoms with Gasteiger partial charge in [-0.1, -0.05) is 6.07 Å². The molecule has 0 saturated heterocycles. The number of benzene rings is 2. The molecule has 4 rings (SSSR count). The fourth-order valence-corrected chi connectivity index (χ4v) is 3.99. The minimum atomic E-state index is -0.255. The summed E-state index contributed by atoms with van der Waals surface area (Å²) < 4.78 is 23.3. The van der Waals surface area contributed by atoms with Gasteiger partial charge in [-0.3, -0.25) is 14.2 Å². The first-order valence-electron chi connectivity index (χ1n) is 11.8. The zero-order chi connectivity index (χ0) is 25.7. The third kappa shape index (κ3) is 5.07. The van der Waals surface area contributed by atoms with Crippen molar-refractivity contribution in [2.45, 2.75) is 33.4 Å². The van der Waals surface area contributed by atoms with Crippen LogP contribution in [-0.2, 0) is 17.9 Å². The van der Waals surface area contributed by atoms with E-state index in [4.69, 9.17) is 18.9 Å². The number of aryl methyl sites for hydroxylation is 1. The van der Waals surface area contributed by atoms with Crippen LogP contribution in [0.5, 0.6) is 23.0 Å². The number of aromatic amines is 1. The van der Waals surface area contributed by atoms with E-state index in [1.165, 1.54) is 10.9 Å². The van der Waals surface area contributed by atoms with Crippen LogP contribution in [0.1, 0.15) is 25.8 Å². The third-order valence-electron chi connectivity index (χ3n) is 5.75. The van der Waals surface area contributed by atoms with E-state index in [1.54, 1.807) is 26.4 Å². The lowest BCUT2D eigenvalue weighted by molar-refractivity contribution is -0.121. The van der Waals surface area contributed by atoms with Crippen LogP contribution in [0, 0.1) is 0 Å². The molecule has 4 aromatic rings. The number of H-pyrrole nitrogens is 1. The van der Waals surface area contributed by atoms with E-state index in [0.29, 0.717) is 59.3 Å². The molecule has 0 spiro atoms. The van der Waals surface area contributed by atoms with Gasteiger partial charge >= 0.3 is 0 Å². The zero-order valence-electron chi connectivity index (χ0n) is 20.8. The zero-order valence-corrected chi connectivity index (χ0v) is 20.8. The van der Waals surface area contributed by atoms with Gasteiger partial charge in [0.2, 0.25) is 5.91 Å².